The molecule has 2 unspecified atom stereocenters. The van der Waals surface area contributed by atoms with Gasteiger partial charge in [0.1, 0.15) is 30.5 Å². The molecule has 0 aromatic heterocycles. The number of ether oxygens (including phenoxy) is 7. The first-order valence-corrected chi connectivity index (χ1v) is 12.0. The fraction of sp³-hybridized carbons (Fsp3) is 0.600. The third-order valence-corrected chi connectivity index (χ3v) is 5.31. The molecule has 37 heavy (non-hydrogen) atoms. The van der Waals surface area contributed by atoms with Crippen molar-refractivity contribution in [3.05, 3.63) is 23.8 Å². The van der Waals surface area contributed by atoms with Crippen LogP contribution < -0.4 is 15.2 Å². The third-order valence-electron chi connectivity index (χ3n) is 5.31. The molecule has 0 spiro atoms. The number of rotatable bonds is 12. The van der Waals surface area contributed by atoms with Crippen molar-refractivity contribution in [3.63, 3.8) is 0 Å². The molecule has 0 bridgehead atoms. The molecule has 0 aliphatic rings. The van der Waals surface area contributed by atoms with Crippen molar-refractivity contribution in [1.29, 1.82) is 0 Å². The molecule has 2 N–H and O–H groups in total. The zero-order valence-corrected chi connectivity index (χ0v) is 22.3. The minimum atomic E-state index is -1.10. The van der Waals surface area contributed by atoms with Crippen LogP contribution in [0.1, 0.15) is 59.9 Å². The van der Waals surface area contributed by atoms with Gasteiger partial charge in [-0.05, 0) is 64.7 Å². The topological polar surface area (TPSA) is 159 Å². The van der Waals surface area contributed by atoms with Gasteiger partial charge in [0.15, 0.2) is 11.5 Å². The van der Waals surface area contributed by atoms with Crippen molar-refractivity contribution in [2.45, 2.75) is 91.3 Å². The molecular weight excluding hydrogens is 490 g/mol. The van der Waals surface area contributed by atoms with Crippen LogP contribution in [0.4, 0.5) is 14.4 Å². The number of esters is 1. The second-order valence-corrected chi connectivity index (χ2v) is 8.39. The Labute approximate surface area is 216 Å². The second-order valence-electron chi connectivity index (χ2n) is 8.39. The van der Waals surface area contributed by atoms with Gasteiger partial charge in [-0.1, -0.05) is 19.9 Å². The highest BCUT2D eigenvalue weighted by atomic mass is 16.8. The van der Waals surface area contributed by atoms with Crippen molar-refractivity contribution in [2.24, 2.45) is 5.73 Å². The number of methoxy groups -OCH3 is 1. The lowest BCUT2D eigenvalue weighted by atomic mass is 10.1. The van der Waals surface area contributed by atoms with E-state index in [9.17, 15) is 19.2 Å². The van der Waals surface area contributed by atoms with Crippen LogP contribution in [0.25, 0.3) is 0 Å². The molecule has 0 radical (unpaired) electrons. The zero-order valence-electron chi connectivity index (χ0n) is 22.3. The van der Waals surface area contributed by atoms with Crippen LogP contribution in [-0.2, 0) is 34.9 Å². The molecule has 0 fully saturated rings. The molecule has 0 amide bonds. The summed E-state index contributed by atoms with van der Waals surface area (Å²) in [5.41, 5.74) is 6.48. The molecule has 12 heteroatoms. The van der Waals surface area contributed by atoms with E-state index in [0.717, 1.165) is 7.11 Å². The molecule has 0 aliphatic carbocycles. The zero-order chi connectivity index (χ0) is 28.1. The Kier molecular flexibility index (Phi) is 13.2. The summed E-state index contributed by atoms with van der Waals surface area (Å²) in [4.78, 5) is 48.0. The highest BCUT2D eigenvalue weighted by Gasteiger charge is 2.25. The second kappa shape index (κ2) is 15.5. The maximum atomic E-state index is 12.5. The van der Waals surface area contributed by atoms with E-state index in [-0.39, 0.29) is 24.0 Å². The lowest BCUT2D eigenvalue weighted by Gasteiger charge is -2.22. The van der Waals surface area contributed by atoms with Crippen LogP contribution in [0.5, 0.6) is 11.5 Å². The maximum absolute atomic E-state index is 12.5. The molecule has 208 valence electrons. The quantitative estimate of drug-likeness (QED) is 0.234. The Morgan fingerprint density at radius 1 is 0.757 bits per heavy atom. The van der Waals surface area contributed by atoms with E-state index in [1.54, 1.807) is 13.8 Å². The van der Waals surface area contributed by atoms with Gasteiger partial charge < -0.3 is 38.9 Å². The first kappa shape index (κ1) is 31.5. The van der Waals surface area contributed by atoms with Crippen molar-refractivity contribution >= 4 is 24.4 Å². The molecule has 1 aromatic rings. The molecular formula is C25H37NO11. The third kappa shape index (κ3) is 11.4. The highest BCUT2D eigenvalue weighted by molar-refractivity contribution is 5.76. The van der Waals surface area contributed by atoms with E-state index in [4.69, 9.17) is 34.2 Å². The Balaban J connectivity index is 2.98. The largest absolute Gasteiger partial charge is 0.514 e. The van der Waals surface area contributed by atoms with Gasteiger partial charge in [0.2, 0.25) is 0 Å². The lowest BCUT2D eigenvalue weighted by molar-refractivity contribution is -0.155. The van der Waals surface area contributed by atoms with Gasteiger partial charge in [0.25, 0.3) is 0 Å². The number of benzene rings is 1. The first-order chi connectivity index (χ1) is 17.4. The molecule has 0 saturated carbocycles. The Bertz CT molecular complexity index is 920. The molecule has 1 rings (SSSR count). The van der Waals surface area contributed by atoms with Gasteiger partial charge in [-0.15, -0.1) is 0 Å². The minimum absolute atomic E-state index is 0.00778. The summed E-state index contributed by atoms with van der Waals surface area (Å²) in [6.45, 7) is 10.1. The van der Waals surface area contributed by atoms with Crippen molar-refractivity contribution in [1.82, 2.24) is 0 Å². The molecule has 0 saturated heterocycles. The van der Waals surface area contributed by atoms with Crippen LogP contribution in [-0.4, -0.2) is 62.0 Å². The summed E-state index contributed by atoms with van der Waals surface area (Å²) < 4.78 is 35.3. The molecule has 12 nitrogen and oxygen atoms in total. The highest BCUT2D eigenvalue weighted by Crippen LogP contribution is 2.30. The van der Waals surface area contributed by atoms with Gasteiger partial charge in [-0.3, -0.25) is 4.79 Å². The number of nitrogens with two attached hydrogens (primary N) is 1. The Morgan fingerprint density at radius 2 is 1.27 bits per heavy atom. The van der Waals surface area contributed by atoms with Crippen LogP contribution in [0, 0.1) is 0 Å². The predicted octanol–water partition coefficient (Wildman–Crippen LogP) is 4.29. The van der Waals surface area contributed by atoms with E-state index >= 15 is 0 Å². The molecule has 1 aromatic carbocycles. The summed E-state index contributed by atoms with van der Waals surface area (Å²) in [7, 11) is 1.16. The van der Waals surface area contributed by atoms with Crippen LogP contribution in [0.3, 0.4) is 0 Å². The summed E-state index contributed by atoms with van der Waals surface area (Å²) in [6, 6.07) is 3.21. The first-order valence-electron chi connectivity index (χ1n) is 12.0. The van der Waals surface area contributed by atoms with Gasteiger partial charge >= 0.3 is 24.4 Å². The van der Waals surface area contributed by atoms with E-state index in [1.165, 1.54) is 32.0 Å². The van der Waals surface area contributed by atoms with Crippen LogP contribution in [0.2, 0.25) is 0 Å². The summed E-state index contributed by atoms with van der Waals surface area (Å²) in [5, 5.41) is 0. The number of hydrogen-bond donors (Lipinski definition) is 1. The normalized spacial score (nSPS) is 14.7. The maximum Gasteiger partial charge on any atom is 0.514 e. The minimum Gasteiger partial charge on any atom is -0.458 e. The van der Waals surface area contributed by atoms with Crippen molar-refractivity contribution < 1.29 is 52.3 Å². The fourth-order valence-electron chi connectivity index (χ4n) is 2.57. The van der Waals surface area contributed by atoms with Gasteiger partial charge in [0.05, 0.1) is 7.11 Å². The van der Waals surface area contributed by atoms with Gasteiger partial charge in [0, 0.05) is 0 Å². The Morgan fingerprint density at radius 3 is 1.78 bits per heavy atom. The van der Waals surface area contributed by atoms with Crippen LogP contribution in [0.15, 0.2) is 18.2 Å². The summed E-state index contributed by atoms with van der Waals surface area (Å²) in [6.07, 6.45) is -4.07. The monoisotopic (exact) mass is 527 g/mol. The van der Waals surface area contributed by atoms with Crippen molar-refractivity contribution in [3.8, 4) is 11.5 Å². The van der Waals surface area contributed by atoms with E-state index < -0.39 is 48.8 Å². The predicted molar refractivity (Wildman–Crippen MR) is 130 cm³/mol. The van der Waals surface area contributed by atoms with Gasteiger partial charge in [-0.25, -0.2) is 14.4 Å². The molecule has 0 aliphatic heterocycles. The average Bonchev–Trinajstić information content (AvgIpc) is 2.84. The molecule has 5 atom stereocenters. The lowest BCUT2D eigenvalue weighted by Crippen LogP contribution is -2.39. The fourth-order valence-corrected chi connectivity index (χ4v) is 2.57. The van der Waals surface area contributed by atoms with Crippen molar-refractivity contribution in [2.75, 3.05) is 7.11 Å². The SMILES string of the molecule is CCC(C)OC(=O)Oc1ccc(C[C@H](N)C(=O)O[C@@H](C)[C@H](C)OC(=O)OC)cc1OC(=O)OC(C)CC. The standard InChI is InChI=1S/C25H37NO11/c1-8-14(3)32-24(29)36-20-11-10-18(13-21(20)37-25(30)33-15(4)9-2)12-19(26)22(27)34-16(5)17(6)35-23(28)31-7/h10-11,13-17,19H,8-9,12,26H2,1-7H3/t14?,15?,16-,17-,19-/m0/s1. The number of hydrogen-bond acceptors (Lipinski definition) is 12. The molecule has 0 heterocycles. The number of carbonyl (C=O) groups excluding carboxylic acids is 4. The Hall–Kier alpha value is -3.54. The van der Waals surface area contributed by atoms with E-state index in [2.05, 4.69) is 4.74 Å². The summed E-state index contributed by atoms with van der Waals surface area (Å²) in [5.74, 6) is -0.957. The number of carbonyl (C=O) groups is 4. The van der Waals surface area contributed by atoms with E-state index in [1.807, 2.05) is 13.8 Å². The average molecular weight is 528 g/mol. The van der Waals surface area contributed by atoms with E-state index in [0.29, 0.717) is 18.4 Å². The van der Waals surface area contributed by atoms with Gasteiger partial charge in [-0.2, -0.15) is 0 Å². The van der Waals surface area contributed by atoms with Crippen LogP contribution >= 0.6 is 0 Å². The smallest absolute Gasteiger partial charge is 0.458 e. The summed E-state index contributed by atoms with van der Waals surface area (Å²) >= 11 is 0.